The van der Waals surface area contributed by atoms with Gasteiger partial charge in [0.2, 0.25) is 0 Å². The number of aromatic nitrogens is 1. The van der Waals surface area contributed by atoms with Crippen LogP contribution in [0.15, 0.2) is 48.7 Å². The Labute approximate surface area is 163 Å². The van der Waals surface area contributed by atoms with Crippen molar-refractivity contribution in [1.82, 2.24) is 10.3 Å². The summed E-state index contributed by atoms with van der Waals surface area (Å²) in [4.78, 5) is 15.0. The number of hydrogen-bond donors (Lipinski definition) is 3. The molecule has 142 valence electrons. The second-order valence-electron chi connectivity index (χ2n) is 6.75. The van der Waals surface area contributed by atoms with Crippen molar-refractivity contribution >= 4 is 28.5 Å². The van der Waals surface area contributed by atoms with Crippen LogP contribution in [0.4, 0.5) is 0 Å². The van der Waals surface area contributed by atoms with Crippen LogP contribution in [-0.4, -0.2) is 28.2 Å². The molecule has 0 aliphatic rings. The molecule has 1 aromatic heterocycles. The minimum absolute atomic E-state index is 0.0198. The van der Waals surface area contributed by atoms with Gasteiger partial charge >= 0.3 is 5.97 Å². The second-order valence-corrected chi connectivity index (χ2v) is 7.19. The molecule has 6 heteroatoms. The Morgan fingerprint density at radius 3 is 2.74 bits per heavy atom. The smallest absolute Gasteiger partial charge is 0.321 e. The van der Waals surface area contributed by atoms with Gasteiger partial charge in [-0.05, 0) is 43.7 Å². The standard InChI is InChI=1S/C21H23ClN2O3/c1-13(2)27-20-8-7-16(22)9-15(20)12-24-19(21(25)26)10-14-11-23-18-6-4-3-5-17(14)18/h3-9,11,13,19,23-24H,10,12H2,1-2H3,(H,25,26). The number of H-pyrrole nitrogens is 1. The molecule has 0 aliphatic carbocycles. The fraction of sp³-hybridized carbons (Fsp3) is 0.286. The number of carboxylic acids is 1. The number of fused-ring (bicyclic) bond motifs is 1. The zero-order valence-electron chi connectivity index (χ0n) is 15.3. The Morgan fingerprint density at radius 2 is 2.00 bits per heavy atom. The molecule has 3 rings (SSSR count). The number of para-hydroxylation sites is 1. The quantitative estimate of drug-likeness (QED) is 0.536. The van der Waals surface area contributed by atoms with Gasteiger partial charge in [0.1, 0.15) is 11.8 Å². The maximum atomic E-state index is 11.8. The molecule has 0 spiro atoms. The minimum atomic E-state index is -0.895. The number of ether oxygens (including phenoxy) is 1. The van der Waals surface area contributed by atoms with Crippen LogP contribution in [0.1, 0.15) is 25.0 Å². The summed E-state index contributed by atoms with van der Waals surface area (Å²) < 4.78 is 5.81. The number of rotatable bonds is 8. The van der Waals surface area contributed by atoms with Crippen LogP contribution in [0.25, 0.3) is 10.9 Å². The van der Waals surface area contributed by atoms with Crippen LogP contribution in [0.3, 0.4) is 0 Å². The monoisotopic (exact) mass is 386 g/mol. The third kappa shape index (κ3) is 4.81. The summed E-state index contributed by atoms with van der Waals surface area (Å²) in [5, 5.41) is 14.4. The van der Waals surface area contributed by atoms with E-state index in [0.717, 1.165) is 22.0 Å². The molecule has 3 aromatic rings. The number of nitrogens with one attached hydrogen (secondary N) is 2. The number of aromatic amines is 1. The van der Waals surface area contributed by atoms with E-state index in [1.54, 1.807) is 12.1 Å². The van der Waals surface area contributed by atoms with Crippen molar-refractivity contribution < 1.29 is 14.6 Å². The van der Waals surface area contributed by atoms with Gasteiger partial charge < -0.3 is 14.8 Å². The fourth-order valence-corrected chi connectivity index (χ4v) is 3.25. The van der Waals surface area contributed by atoms with Crippen molar-refractivity contribution in [3.63, 3.8) is 0 Å². The van der Waals surface area contributed by atoms with Crippen LogP contribution in [0.2, 0.25) is 5.02 Å². The molecule has 5 nitrogen and oxygen atoms in total. The number of benzene rings is 2. The first-order valence-corrected chi connectivity index (χ1v) is 9.28. The molecule has 0 saturated carbocycles. The maximum absolute atomic E-state index is 11.8. The molecule has 0 bridgehead atoms. The molecule has 0 radical (unpaired) electrons. The Balaban J connectivity index is 1.76. The van der Waals surface area contributed by atoms with Gasteiger partial charge in [0.25, 0.3) is 0 Å². The lowest BCUT2D eigenvalue weighted by Crippen LogP contribution is -2.38. The molecule has 0 saturated heterocycles. The summed E-state index contributed by atoms with van der Waals surface area (Å²) in [7, 11) is 0. The summed E-state index contributed by atoms with van der Waals surface area (Å²) in [5.74, 6) is -0.188. The van der Waals surface area contributed by atoms with Crippen molar-refractivity contribution in [2.24, 2.45) is 0 Å². The lowest BCUT2D eigenvalue weighted by atomic mass is 10.0. The highest BCUT2D eigenvalue weighted by Crippen LogP contribution is 2.24. The van der Waals surface area contributed by atoms with E-state index < -0.39 is 12.0 Å². The van der Waals surface area contributed by atoms with Crippen LogP contribution >= 0.6 is 11.6 Å². The number of carboxylic acid groups (broad SMARTS) is 1. The summed E-state index contributed by atoms with van der Waals surface area (Å²) in [5.41, 5.74) is 2.80. The molecule has 27 heavy (non-hydrogen) atoms. The van der Waals surface area contributed by atoms with Gasteiger partial charge in [-0.3, -0.25) is 10.1 Å². The molecule has 3 N–H and O–H groups in total. The second kappa shape index (κ2) is 8.46. The average molecular weight is 387 g/mol. The largest absolute Gasteiger partial charge is 0.491 e. The first-order valence-electron chi connectivity index (χ1n) is 8.90. The third-order valence-electron chi connectivity index (χ3n) is 4.32. The van der Waals surface area contributed by atoms with E-state index in [1.165, 1.54) is 0 Å². The molecule has 2 aromatic carbocycles. The molecule has 0 amide bonds. The van der Waals surface area contributed by atoms with Crippen LogP contribution in [0.5, 0.6) is 5.75 Å². The highest BCUT2D eigenvalue weighted by molar-refractivity contribution is 6.30. The summed E-state index contributed by atoms with van der Waals surface area (Å²) >= 11 is 6.11. The van der Waals surface area contributed by atoms with Gasteiger partial charge in [0.15, 0.2) is 0 Å². The predicted molar refractivity (Wildman–Crippen MR) is 107 cm³/mol. The van der Waals surface area contributed by atoms with E-state index in [4.69, 9.17) is 16.3 Å². The Hall–Kier alpha value is -2.50. The first kappa shape index (κ1) is 19.3. The number of halogens is 1. The summed E-state index contributed by atoms with van der Waals surface area (Å²) in [6.45, 7) is 4.24. The predicted octanol–water partition coefficient (Wildman–Crippen LogP) is 4.39. The third-order valence-corrected chi connectivity index (χ3v) is 4.56. The number of aliphatic carboxylic acids is 1. The van der Waals surface area contributed by atoms with Crippen molar-refractivity contribution in [3.05, 3.63) is 64.8 Å². The van der Waals surface area contributed by atoms with Gasteiger partial charge in [-0.15, -0.1) is 0 Å². The van der Waals surface area contributed by atoms with Gasteiger partial charge in [-0.25, -0.2) is 0 Å². The average Bonchev–Trinajstić information content (AvgIpc) is 3.03. The SMILES string of the molecule is CC(C)Oc1ccc(Cl)cc1CNC(Cc1c[nH]c2ccccc12)C(=O)O. The molecule has 1 atom stereocenters. The van der Waals surface area contributed by atoms with E-state index in [2.05, 4.69) is 10.3 Å². The topological polar surface area (TPSA) is 74.3 Å². The van der Waals surface area contributed by atoms with Gasteiger partial charge in [-0.2, -0.15) is 0 Å². The lowest BCUT2D eigenvalue weighted by molar-refractivity contribution is -0.139. The van der Waals surface area contributed by atoms with E-state index in [1.807, 2.05) is 50.4 Å². The highest BCUT2D eigenvalue weighted by Gasteiger charge is 2.20. The van der Waals surface area contributed by atoms with Crippen molar-refractivity contribution in [1.29, 1.82) is 0 Å². The molecule has 1 unspecified atom stereocenters. The van der Waals surface area contributed by atoms with Gasteiger partial charge in [-0.1, -0.05) is 29.8 Å². The Bertz CT molecular complexity index is 936. The molecule has 1 heterocycles. The molecule has 0 aliphatic heterocycles. The fourth-order valence-electron chi connectivity index (χ4n) is 3.06. The normalized spacial score (nSPS) is 12.4. The summed E-state index contributed by atoms with van der Waals surface area (Å²) in [6.07, 6.45) is 2.27. The van der Waals surface area contributed by atoms with E-state index >= 15 is 0 Å². The molecular formula is C21H23ClN2O3. The Kier molecular flexibility index (Phi) is 6.04. The molecular weight excluding hydrogens is 364 g/mol. The van der Waals surface area contributed by atoms with Crippen molar-refractivity contribution in [3.8, 4) is 5.75 Å². The zero-order chi connectivity index (χ0) is 19.4. The van der Waals surface area contributed by atoms with Crippen LogP contribution in [-0.2, 0) is 17.8 Å². The summed E-state index contributed by atoms with van der Waals surface area (Å²) in [6, 6.07) is 12.5. The van der Waals surface area contributed by atoms with Gasteiger partial charge in [0.05, 0.1) is 6.10 Å². The minimum Gasteiger partial charge on any atom is -0.491 e. The maximum Gasteiger partial charge on any atom is 0.321 e. The van der Waals surface area contributed by atoms with E-state index in [9.17, 15) is 9.90 Å². The van der Waals surface area contributed by atoms with Crippen LogP contribution in [0, 0.1) is 0 Å². The van der Waals surface area contributed by atoms with E-state index in [-0.39, 0.29) is 6.10 Å². The molecule has 0 fully saturated rings. The first-order chi connectivity index (χ1) is 12.9. The van der Waals surface area contributed by atoms with Crippen molar-refractivity contribution in [2.45, 2.75) is 39.0 Å². The zero-order valence-corrected chi connectivity index (χ0v) is 16.1. The van der Waals surface area contributed by atoms with E-state index in [0.29, 0.717) is 23.7 Å². The van der Waals surface area contributed by atoms with Gasteiger partial charge in [0, 0.05) is 40.7 Å². The number of hydrogen-bond acceptors (Lipinski definition) is 3. The van der Waals surface area contributed by atoms with Crippen LogP contribution < -0.4 is 10.1 Å². The number of carbonyl (C=O) groups is 1. The highest BCUT2D eigenvalue weighted by atomic mass is 35.5. The lowest BCUT2D eigenvalue weighted by Gasteiger charge is -2.18. The Morgan fingerprint density at radius 1 is 1.22 bits per heavy atom. The van der Waals surface area contributed by atoms with Crippen molar-refractivity contribution in [2.75, 3.05) is 0 Å².